The van der Waals surface area contributed by atoms with Gasteiger partial charge in [-0.2, -0.15) is 0 Å². The fourth-order valence-electron chi connectivity index (χ4n) is 5.83. The van der Waals surface area contributed by atoms with Crippen LogP contribution in [0.1, 0.15) is 0 Å². The zero-order chi connectivity index (χ0) is 34.6. The van der Waals surface area contributed by atoms with E-state index in [0.717, 1.165) is 34.1 Å². The maximum atomic E-state index is 13.8. The molecule has 0 spiro atoms. The van der Waals surface area contributed by atoms with Crippen molar-refractivity contribution in [3.8, 4) is 0 Å². The number of nitrogens with zero attached hydrogens (tertiary/aromatic N) is 2. The van der Waals surface area contributed by atoms with E-state index in [4.69, 9.17) is 0 Å². The van der Waals surface area contributed by atoms with Crippen LogP contribution in [0.3, 0.4) is 0 Å². The van der Waals surface area contributed by atoms with E-state index in [-0.39, 0.29) is 19.6 Å². The summed E-state index contributed by atoms with van der Waals surface area (Å²) in [5.74, 6) is 0. The SMILES string of the molecule is O=S(=O)(c1ccc(N(c2ccccc2)c2ccccc2)cc1)c1cccc(S(=O)(=O)c2ccc(N(c3ccccc3)c3ccccc3)cc2)c1. The van der Waals surface area contributed by atoms with Crippen molar-refractivity contribution in [2.24, 2.45) is 0 Å². The van der Waals surface area contributed by atoms with Crippen LogP contribution in [0.25, 0.3) is 0 Å². The molecule has 0 unspecified atom stereocenters. The summed E-state index contributed by atoms with van der Waals surface area (Å²) in [7, 11) is -8.09. The predicted molar refractivity (Wildman–Crippen MR) is 200 cm³/mol. The second-order valence-corrected chi connectivity index (χ2v) is 15.4. The molecule has 7 rings (SSSR count). The Hall–Kier alpha value is -5.96. The molecular weight excluding hydrogens is 661 g/mol. The smallest absolute Gasteiger partial charge is 0.206 e. The Kier molecular flexibility index (Phi) is 9.04. The van der Waals surface area contributed by atoms with Gasteiger partial charge in [-0.3, -0.25) is 0 Å². The molecule has 7 aromatic rings. The molecule has 0 bridgehead atoms. The molecule has 8 heteroatoms. The highest BCUT2D eigenvalue weighted by molar-refractivity contribution is 7.92. The fraction of sp³-hybridized carbons (Fsp3) is 0. The first-order valence-corrected chi connectivity index (χ1v) is 18.9. The van der Waals surface area contributed by atoms with Crippen molar-refractivity contribution in [2.45, 2.75) is 19.6 Å². The van der Waals surface area contributed by atoms with E-state index in [1.165, 1.54) is 24.3 Å². The van der Waals surface area contributed by atoms with Crippen LogP contribution in [0.15, 0.2) is 214 Å². The highest BCUT2D eigenvalue weighted by Crippen LogP contribution is 2.37. The lowest BCUT2D eigenvalue weighted by Gasteiger charge is -2.25. The van der Waals surface area contributed by atoms with E-state index in [0.29, 0.717) is 0 Å². The molecule has 0 aliphatic rings. The lowest BCUT2D eigenvalue weighted by molar-refractivity contribution is 0.594. The van der Waals surface area contributed by atoms with Crippen molar-refractivity contribution >= 4 is 53.8 Å². The molecule has 7 aromatic carbocycles. The van der Waals surface area contributed by atoms with Gasteiger partial charge in [0.1, 0.15) is 0 Å². The van der Waals surface area contributed by atoms with E-state index in [9.17, 15) is 16.8 Å². The molecule has 246 valence electrons. The zero-order valence-corrected chi connectivity index (χ0v) is 28.5. The Morgan fingerprint density at radius 3 is 0.800 bits per heavy atom. The average molecular weight is 693 g/mol. The highest BCUT2D eigenvalue weighted by Gasteiger charge is 2.24. The summed E-state index contributed by atoms with van der Waals surface area (Å²) >= 11 is 0. The maximum Gasteiger partial charge on any atom is 0.206 e. The van der Waals surface area contributed by atoms with Gasteiger partial charge in [0.2, 0.25) is 19.7 Å². The Bertz CT molecular complexity index is 2170. The first-order chi connectivity index (χ1) is 24.3. The molecule has 6 nitrogen and oxygen atoms in total. The summed E-state index contributed by atoms with van der Waals surface area (Å²) in [6.45, 7) is 0. The summed E-state index contributed by atoms with van der Waals surface area (Å²) in [6.07, 6.45) is 0. The number of hydrogen-bond donors (Lipinski definition) is 0. The molecule has 0 saturated carbocycles. The van der Waals surface area contributed by atoms with Crippen molar-refractivity contribution in [1.82, 2.24) is 0 Å². The third-order valence-corrected chi connectivity index (χ3v) is 11.8. The Labute approximate surface area is 293 Å². The van der Waals surface area contributed by atoms with Crippen LogP contribution in [0.5, 0.6) is 0 Å². The topological polar surface area (TPSA) is 74.8 Å². The fourth-order valence-corrected chi connectivity index (χ4v) is 8.52. The molecule has 0 saturated heterocycles. The van der Waals surface area contributed by atoms with Crippen LogP contribution in [-0.4, -0.2) is 16.8 Å². The van der Waals surface area contributed by atoms with Crippen LogP contribution in [0.4, 0.5) is 34.1 Å². The lowest BCUT2D eigenvalue weighted by Crippen LogP contribution is -2.11. The van der Waals surface area contributed by atoms with E-state index in [2.05, 4.69) is 0 Å². The molecule has 0 aliphatic carbocycles. The van der Waals surface area contributed by atoms with Crippen molar-refractivity contribution in [1.29, 1.82) is 0 Å². The van der Waals surface area contributed by atoms with Crippen LogP contribution in [0.2, 0.25) is 0 Å². The minimum atomic E-state index is -4.04. The maximum absolute atomic E-state index is 13.8. The second kappa shape index (κ2) is 13.9. The summed E-state index contributed by atoms with van der Waals surface area (Å²) in [5, 5.41) is 0. The number of benzene rings is 7. The van der Waals surface area contributed by atoms with Gasteiger partial charge in [0, 0.05) is 34.1 Å². The van der Waals surface area contributed by atoms with E-state index in [1.807, 2.05) is 131 Å². The number of rotatable bonds is 10. The third-order valence-electron chi connectivity index (χ3n) is 8.29. The molecule has 0 amide bonds. The summed E-state index contributed by atoms with van der Waals surface area (Å²) in [4.78, 5) is 3.98. The molecular formula is C42H32N2O4S2. The quantitative estimate of drug-likeness (QED) is 0.142. The van der Waals surface area contributed by atoms with Gasteiger partial charge < -0.3 is 9.80 Å². The number of hydrogen-bond acceptors (Lipinski definition) is 6. The van der Waals surface area contributed by atoms with Gasteiger partial charge >= 0.3 is 0 Å². The van der Waals surface area contributed by atoms with Gasteiger partial charge in [-0.15, -0.1) is 0 Å². The van der Waals surface area contributed by atoms with Crippen LogP contribution < -0.4 is 9.80 Å². The summed E-state index contributed by atoms with van der Waals surface area (Å²) in [5.41, 5.74) is 5.25. The summed E-state index contributed by atoms with van der Waals surface area (Å²) in [6, 6.07) is 58.0. The molecule has 0 fully saturated rings. The van der Waals surface area contributed by atoms with Crippen molar-refractivity contribution < 1.29 is 16.8 Å². The Balaban J connectivity index is 1.18. The van der Waals surface area contributed by atoms with Crippen molar-refractivity contribution in [3.05, 3.63) is 194 Å². The predicted octanol–water partition coefficient (Wildman–Crippen LogP) is 10.3. The van der Waals surface area contributed by atoms with E-state index in [1.54, 1.807) is 48.5 Å². The molecule has 50 heavy (non-hydrogen) atoms. The largest absolute Gasteiger partial charge is 0.311 e. The average Bonchev–Trinajstić information content (AvgIpc) is 3.17. The molecule has 0 N–H and O–H groups in total. The minimum Gasteiger partial charge on any atom is -0.311 e. The van der Waals surface area contributed by atoms with Crippen molar-refractivity contribution in [3.63, 3.8) is 0 Å². The number of anilines is 6. The third kappa shape index (κ3) is 6.54. The highest BCUT2D eigenvalue weighted by atomic mass is 32.2. The van der Waals surface area contributed by atoms with Crippen LogP contribution >= 0.6 is 0 Å². The Morgan fingerprint density at radius 1 is 0.260 bits per heavy atom. The zero-order valence-electron chi connectivity index (χ0n) is 26.8. The number of para-hydroxylation sites is 4. The van der Waals surface area contributed by atoms with E-state index >= 15 is 0 Å². The van der Waals surface area contributed by atoms with Gasteiger partial charge in [0.05, 0.1) is 19.6 Å². The lowest BCUT2D eigenvalue weighted by atomic mass is 10.2. The first-order valence-electron chi connectivity index (χ1n) is 15.9. The van der Waals surface area contributed by atoms with Gasteiger partial charge in [-0.05, 0) is 115 Å². The van der Waals surface area contributed by atoms with Gasteiger partial charge in [0.15, 0.2) is 0 Å². The summed E-state index contributed by atoms with van der Waals surface area (Å²) < 4.78 is 55.4. The monoisotopic (exact) mass is 692 g/mol. The van der Waals surface area contributed by atoms with Gasteiger partial charge in [-0.1, -0.05) is 78.9 Å². The first kappa shape index (κ1) is 32.6. The van der Waals surface area contributed by atoms with Crippen LogP contribution in [-0.2, 0) is 19.7 Å². The second-order valence-electron chi connectivity index (χ2n) is 11.5. The van der Waals surface area contributed by atoms with Crippen molar-refractivity contribution in [2.75, 3.05) is 9.80 Å². The number of sulfone groups is 2. The van der Waals surface area contributed by atoms with Gasteiger partial charge in [-0.25, -0.2) is 16.8 Å². The van der Waals surface area contributed by atoms with Gasteiger partial charge in [0.25, 0.3) is 0 Å². The standard InChI is InChI=1S/C42H32N2O4S2/c45-49(46,39-28-24-37(25-29-39)43(33-14-5-1-6-15-33)34-16-7-2-8-17-34)41-22-13-23-42(32-41)50(47,48)40-30-26-38(27-31-40)44(35-18-9-3-10-19-35)36-20-11-4-12-21-36/h1-32H. The molecule has 0 radical (unpaired) electrons. The normalized spacial score (nSPS) is 11.5. The van der Waals surface area contributed by atoms with E-state index < -0.39 is 19.7 Å². The minimum absolute atomic E-state index is 0.0585. The molecule has 0 aromatic heterocycles. The Morgan fingerprint density at radius 2 is 0.520 bits per heavy atom. The molecule has 0 aliphatic heterocycles. The molecule has 0 atom stereocenters. The molecule has 0 heterocycles. The van der Waals surface area contributed by atoms with Crippen LogP contribution in [0, 0.1) is 0 Å².